The van der Waals surface area contributed by atoms with Crippen molar-refractivity contribution in [2.45, 2.75) is 13.0 Å². The SMILES string of the molecule is Bc1cccc(-c2cc(-c3cc(Cl)cc(Cl)c3)nn2Cc2ccc(C(=O)NCCC=O)cc2)c1. The fourth-order valence-electron chi connectivity index (χ4n) is 3.70. The molecule has 0 radical (unpaired) electrons. The molecule has 0 aliphatic rings. The summed E-state index contributed by atoms with van der Waals surface area (Å²) in [5, 5.41) is 8.69. The maximum Gasteiger partial charge on any atom is 0.251 e. The Bertz CT molecular complexity index is 1320. The standard InChI is InChI=1S/C26H22BCl2N3O2/c27-21-4-1-3-19(11-21)25-15-24(20-12-22(28)14-23(29)13-20)31-32(25)16-17-5-7-18(8-6-17)26(34)30-9-2-10-33/h1,3-8,10-15H,2,9,16,27H2,(H,30,34). The van der Waals surface area contributed by atoms with Crippen molar-refractivity contribution >= 4 is 48.7 Å². The Hall–Kier alpha value is -3.35. The third-order valence-corrected chi connectivity index (χ3v) is 5.78. The largest absolute Gasteiger partial charge is 0.352 e. The van der Waals surface area contributed by atoms with Crippen LogP contribution in [0.1, 0.15) is 22.3 Å². The van der Waals surface area contributed by atoms with Gasteiger partial charge in [0.05, 0.1) is 17.9 Å². The summed E-state index contributed by atoms with van der Waals surface area (Å²) >= 11 is 12.5. The van der Waals surface area contributed by atoms with Crippen molar-refractivity contribution < 1.29 is 9.59 Å². The third-order valence-electron chi connectivity index (χ3n) is 5.35. The van der Waals surface area contributed by atoms with Gasteiger partial charge in [-0.05, 0) is 47.5 Å². The van der Waals surface area contributed by atoms with E-state index in [1.165, 1.54) is 0 Å². The van der Waals surface area contributed by atoms with Gasteiger partial charge in [0.2, 0.25) is 0 Å². The number of nitrogens with zero attached hydrogens (tertiary/aromatic N) is 2. The Morgan fingerprint density at radius 2 is 1.71 bits per heavy atom. The summed E-state index contributed by atoms with van der Waals surface area (Å²) in [4.78, 5) is 22.7. The minimum atomic E-state index is -0.201. The fourth-order valence-corrected chi connectivity index (χ4v) is 4.22. The van der Waals surface area contributed by atoms with E-state index in [-0.39, 0.29) is 5.91 Å². The topological polar surface area (TPSA) is 64.0 Å². The molecule has 8 heteroatoms. The Labute approximate surface area is 209 Å². The highest BCUT2D eigenvalue weighted by atomic mass is 35.5. The highest BCUT2D eigenvalue weighted by molar-refractivity contribution is 6.35. The number of aldehydes is 1. The molecule has 5 nitrogen and oxygen atoms in total. The van der Waals surface area contributed by atoms with Gasteiger partial charge in [-0.25, -0.2) is 0 Å². The quantitative estimate of drug-likeness (QED) is 0.230. The van der Waals surface area contributed by atoms with Crippen LogP contribution in [0.5, 0.6) is 0 Å². The maximum absolute atomic E-state index is 12.2. The number of rotatable bonds is 8. The van der Waals surface area contributed by atoms with E-state index in [2.05, 4.69) is 31.4 Å². The van der Waals surface area contributed by atoms with E-state index in [0.717, 1.165) is 39.8 Å². The number of hydrogen-bond donors (Lipinski definition) is 1. The van der Waals surface area contributed by atoms with Gasteiger partial charge in [-0.1, -0.05) is 65.1 Å². The summed E-state index contributed by atoms with van der Waals surface area (Å²) in [5.74, 6) is -0.201. The van der Waals surface area contributed by atoms with Gasteiger partial charge in [0, 0.05) is 34.1 Å². The van der Waals surface area contributed by atoms with Crippen molar-refractivity contribution in [3.05, 3.63) is 94.0 Å². The second-order valence-electron chi connectivity index (χ2n) is 8.01. The molecule has 0 saturated carbocycles. The van der Waals surface area contributed by atoms with Gasteiger partial charge in [-0.15, -0.1) is 0 Å². The van der Waals surface area contributed by atoms with Gasteiger partial charge in [0.15, 0.2) is 0 Å². The molecule has 0 unspecified atom stereocenters. The number of nitrogens with one attached hydrogen (secondary N) is 1. The van der Waals surface area contributed by atoms with Crippen molar-refractivity contribution in [1.29, 1.82) is 0 Å². The number of hydrogen-bond acceptors (Lipinski definition) is 3. The molecule has 1 N–H and O–H groups in total. The number of amides is 1. The van der Waals surface area contributed by atoms with Crippen LogP contribution in [0.15, 0.2) is 72.8 Å². The van der Waals surface area contributed by atoms with Crippen LogP contribution in [0.4, 0.5) is 0 Å². The molecule has 0 atom stereocenters. The molecule has 1 heterocycles. The van der Waals surface area contributed by atoms with Gasteiger partial charge in [-0.3, -0.25) is 9.48 Å². The number of aromatic nitrogens is 2. The molecule has 34 heavy (non-hydrogen) atoms. The Morgan fingerprint density at radius 1 is 0.971 bits per heavy atom. The van der Waals surface area contributed by atoms with Gasteiger partial charge in [-0.2, -0.15) is 5.10 Å². The Kier molecular flexibility index (Phi) is 7.51. The minimum absolute atomic E-state index is 0.201. The molecule has 0 bridgehead atoms. The molecule has 1 aromatic heterocycles. The molecule has 3 aromatic carbocycles. The van der Waals surface area contributed by atoms with Gasteiger partial charge < -0.3 is 10.1 Å². The van der Waals surface area contributed by atoms with Crippen molar-refractivity contribution in [1.82, 2.24) is 15.1 Å². The van der Waals surface area contributed by atoms with E-state index in [0.29, 0.717) is 35.1 Å². The van der Waals surface area contributed by atoms with Crippen LogP contribution in [-0.2, 0) is 11.3 Å². The van der Waals surface area contributed by atoms with E-state index < -0.39 is 0 Å². The van der Waals surface area contributed by atoms with Crippen molar-refractivity contribution in [3.63, 3.8) is 0 Å². The van der Waals surface area contributed by atoms with E-state index in [9.17, 15) is 9.59 Å². The second kappa shape index (κ2) is 10.7. The van der Waals surface area contributed by atoms with Crippen LogP contribution >= 0.6 is 23.2 Å². The first-order chi connectivity index (χ1) is 16.4. The van der Waals surface area contributed by atoms with Crippen LogP contribution in [0, 0.1) is 0 Å². The lowest BCUT2D eigenvalue weighted by Gasteiger charge is -2.09. The van der Waals surface area contributed by atoms with E-state index in [1.807, 2.05) is 41.1 Å². The maximum atomic E-state index is 12.2. The first-order valence-electron chi connectivity index (χ1n) is 10.8. The zero-order valence-electron chi connectivity index (χ0n) is 18.6. The lowest BCUT2D eigenvalue weighted by atomic mass is 9.93. The normalized spacial score (nSPS) is 10.8. The molecule has 0 fully saturated rings. The predicted molar refractivity (Wildman–Crippen MR) is 140 cm³/mol. The molecular formula is C26H22BCl2N3O2. The van der Waals surface area contributed by atoms with Crippen LogP contribution < -0.4 is 10.8 Å². The molecular weight excluding hydrogens is 468 g/mol. The number of carbonyl (C=O) groups excluding carboxylic acids is 2. The number of benzene rings is 3. The first kappa shape index (κ1) is 23.8. The lowest BCUT2D eigenvalue weighted by Crippen LogP contribution is -2.24. The second-order valence-corrected chi connectivity index (χ2v) is 8.88. The van der Waals surface area contributed by atoms with E-state index >= 15 is 0 Å². The van der Waals surface area contributed by atoms with Crippen molar-refractivity contribution in [2.75, 3.05) is 6.54 Å². The van der Waals surface area contributed by atoms with Crippen LogP contribution in [-0.4, -0.2) is 36.4 Å². The molecule has 4 rings (SSSR count). The minimum Gasteiger partial charge on any atom is -0.352 e. The number of carbonyl (C=O) groups is 2. The summed E-state index contributed by atoms with van der Waals surface area (Å²) in [7, 11) is 2.06. The highest BCUT2D eigenvalue weighted by Crippen LogP contribution is 2.30. The third kappa shape index (κ3) is 5.77. The van der Waals surface area contributed by atoms with Gasteiger partial charge >= 0.3 is 0 Å². The predicted octanol–water partition coefficient (Wildman–Crippen LogP) is 4.15. The molecule has 0 aliphatic carbocycles. The molecule has 1 amide bonds. The molecule has 4 aromatic rings. The van der Waals surface area contributed by atoms with Gasteiger partial charge in [0.25, 0.3) is 5.91 Å². The summed E-state index contributed by atoms with van der Waals surface area (Å²) in [6.45, 7) is 0.845. The zero-order chi connectivity index (χ0) is 24.1. The first-order valence-corrected chi connectivity index (χ1v) is 11.6. The summed E-state index contributed by atoms with van der Waals surface area (Å²) in [6, 6.07) is 23.0. The average molecular weight is 490 g/mol. The van der Waals surface area contributed by atoms with Crippen molar-refractivity contribution in [2.24, 2.45) is 0 Å². The molecule has 170 valence electrons. The summed E-state index contributed by atoms with van der Waals surface area (Å²) in [6.07, 6.45) is 1.08. The monoisotopic (exact) mass is 489 g/mol. The Balaban J connectivity index is 1.65. The lowest BCUT2D eigenvalue weighted by molar-refractivity contribution is -0.107. The van der Waals surface area contributed by atoms with E-state index in [4.69, 9.17) is 28.3 Å². The smallest absolute Gasteiger partial charge is 0.251 e. The van der Waals surface area contributed by atoms with E-state index in [1.54, 1.807) is 18.2 Å². The Morgan fingerprint density at radius 3 is 2.38 bits per heavy atom. The zero-order valence-corrected chi connectivity index (χ0v) is 20.1. The number of halogens is 2. The van der Waals surface area contributed by atoms with Crippen LogP contribution in [0.25, 0.3) is 22.5 Å². The molecule has 0 aliphatic heterocycles. The molecule has 0 spiro atoms. The van der Waals surface area contributed by atoms with Crippen LogP contribution in [0.2, 0.25) is 10.0 Å². The molecule has 0 saturated heterocycles. The highest BCUT2D eigenvalue weighted by Gasteiger charge is 2.14. The summed E-state index contributed by atoms with van der Waals surface area (Å²) in [5.41, 5.74) is 6.33. The van der Waals surface area contributed by atoms with Gasteiger partial charge in [0.1, 0.15) is 14.1 Å². The fraction of sp³-hybridized carbons (Fsp3) is 0.115. The average Bonchev–Trinajstić information content (AvgIpc) is 3.23. The van der Waals surface area contributed by atoms with Crippen LogP contribution in [0.3, 0.4) is 0 Å². The van der Waals surface area contributed by atoms with Crippen molar-refractivity contribution in [3.8, 4) is 22.5 Å². The summed E-state index contributed by atoms with van der Waals surface area (Å²) < 4.78 is 1.94.